The van der Waals surface area contributed by atoms with Crippen LogP contribution in [0.5, 0.6) is 5.75 Å². The number of nitriles is 1. The number of hydrogen-bond acceptors (Lipinski definition) is 4. The van der Waals surface area contributed by atoms with Crippen LogP contribution in [0.4, 0.5) is 0 Å². The van der Waals surface area contributed by atoms with Crippen LogP contribution in [0.2, 0.25) is 0 Å². The van der Waals surface area contributed by atoms with Crippen molar-refractivity contribution in [3.8, 4) is 11.8 Å². The molecule has 0 bridgehead atoms. The molecule has 86 valence electrons. The first-order chi connectivity index (χ1) is 7.58. The highest BCUT2D eigenvalue weighted by molar-refractivity contribution is 8.00. The second-order valence-corrected chi connectivity index (χ2v) is 4.96. The summed E-state index contributed by atoms with van der Waals surface area (Å²) in [6.45, 7) is 3.67. The fourth-order valence-electron chi connectivity index (χ4n) is 1.12. The lowest BCUT2D eigenvalue weighted by Crippen LogP contribution is -2.15. The molecule has 0 heterocycles. The van der Waals surface area contributed by atoms with Gasteiger partial charge in [-0.1, -0.05) is 6.92 Å². The summed E-state index contributed by atoms with van der Waals surface area (Å²) in [5.74, 6) is 0.722. The predicted octanol–water partition coefficient (Wildman–Crippen LogP) is 2.43. The number of thioether (sulfide) groups is 1. The summed E-state index contributed by atoms with van der Waals surface area (Å²) < 4.78 is 5.11. The average Bonchev–Trinajstić information content (AvgIpc) is 2.28. The smallest absolute Gasteiger partial charge is 0.120 e. The summed E-state index contributed by atoms with van der Waals surface area (Å²) in [6.07, 6.45) is -0.414. The highest BCUT2D eigenvalue weighted by atomic mass is 32.2. The fourth-order valence-corrected chi connectivity index (χ4v) is 2.14. The van der Waals surface area contributed by atoms with Crippen molar-refractivity contribution in [1.82, 2.24) is 0 Å². The van der Waals surface area contributed by atoms with E-state index in [-0.39, 0.29) is 5.25 Å². The molecule has 0 radical (unpaired) electrons. The molecule has 0 aliphatic carbocycles. The van der Waals surface area contributed by atoms with Crippen molar-refractivity contribution in [2.24, 2.45) is 0 Å². The summed E-state index contributed by atoms with van der Waals surface area (Å²) in [4.78, 5) is 0.843. The Bertz CT molecular complexity index is 398. The number of rotatable bonds is 4. The van der Waals surface area contributed by atoms with E-state index < -0.39 is 6.10 Å². The monoisotopic (exact) mass is 237 g/mol. The van der Waals surface area contributed by atoms with Gasteiger partial charge in [-0.05, 0) is 25.1 Å². The largest absolute Gasteiger partial charge is 0.497 e. The molecular weight excluding hydrogens is 222 g/mol. The number of benzene rings is 1. The zero-order valence-corrected chi connectivity index (χ0v) is 10.4. The van der Waals surface area contributed by atoms with Crippen LogP contribution in [0, 0.1) is 11.3 Å². The third-order valence-electron chi connectivity index (χ3n) is 2.30. The topological polar surface area (TPSA) is 53.2 Å². The average molecular weight is 237 g/mol. The van der Waals surface area contributed by atoms with Gasteiger partial charge in [-0.3, -0.25) is 0 Å². The van der Waals surface area contributed by atoms with E-state index in [0.29, 0.717) is 5.56 Å². The van der Waals surface area contributed by atoms with Gasteiger partial charge in [0.25, 0.3) is 0 Å². The van der Waals surface area contributed by atoms with Gasteiger partial charge in [-0.15, -0.1) is 11.8 Å². The van der Waals surface area contributed by atoms with Crippen molar-refractivity contribution in [2.75, 3.05) is 7.11 Å². The van der Waals surface area contributed by atoms with E-state index in [9.17, 15) is 5.11 Å². The summed E-state index contributed by atoms with van der Waals surface area (Å²) in [5, 5.41) is 18.4. The normalized spacial score (nSPS) is 13.9. The lowest BCUT2D eigenvalue weighted by atomic mass is 10.2. The predicted molar refractivity (Wildman–Crippen MR) is 64.7 cm³/mol. The number of nitrogens with zero attached hydrogens (tertiary/aromatic N) is 1. The highest BCUT2D eigenvalue weighted by Crippen LogP contribution is 2.31. The molecule has 0 saturated carbocycles. The van der Waals surface area contributed by atoms with E-state index in [1.807, 2.05) is 13.0 Å². The fraction of sp³-hybridized carbons (Fsp3) is 0.417. The van der Waals surface area contributed by atoms with E-state index in [4.69, 9.17) is 10.00 Å². The molecule has 2 unspecified atom stereocenters. The van der Waals surface area contributed by atoms with Gasteiger partial charge < -0.3 is 9.84 Å². The van der Waals surface area contributed by atoms with Crippen molar-refractivity contribution < 1.29 is 9.84 Å². The van der Waals surface area contributed by atoms with E-state index in [1.54, 1.807) is 26.2 Å². The van der Waals surface area contributed by atoms with Gasteiger partial charge in [-0.2, -0.15) is 5.26 Å². The molecule has 16 heavy (non-hydrogen) atoms. The van der Waals surface area contributed by atoms with Crippen molar-refractivity contribution in [3.05, 3.63) is 23.8 Å². The molecule has 0 aliphatic heterocycles. The van der Waals surface area contributed by atoms with Crippen LogP contribution in [-0.4, -0.2) is 23.6 Å². The Hall–Kier alpha value is -1.18. The minimum atomic E-state index is -0.414. The maximum absolute atomic E-state index is 9.44. The van der Waals surface area contributed by atoms with Crippen LogP contribution in [0.3, 0.4) is 0 Å². The second-order valence-electron chi connectivity index (χ2n) is 3.54. The summed E-state index contributed by atoms with van der Waals surface area (Å²) >= 11 is 1.48. The van der Waals surface area contributed by atoms with Crippen LogP contribution < -0.4 is 4.74 Å². The Morgan fingerprint density at radius 3 is 2.62 bits per heavy atom. The lowest BCUT2D eigenvalue weighted by molar-refractivity contribution is 0.196. The molecule has 0 saturated heterocycles. The molecule has 0 aromatic heterocycles. The zero-order valence-electron chi connectivity index (χ0n) is 9.60. The van der Waals surface area contributed by atoms with Crippen LogP contribution >= 0.6 is 11.8 Å². The summed E-state index contributed by atoms with van der Waals surface area (Å²) in [5.41, 5.74) is 0.610. The standard InChI is InChI=1S/C12H15NO2S/c1-8(14)9(2)16-12-6-11(15-3)5-4-10(12)7-13/h4-6,8-9,14H,1-3H3. The molecule has 0 aliphatic rings. The first-order valence-electron chi connectivity index (χ1n) is 5.01. The summed E-state index contributed by atoms with van der Waals surface area (Å²) in [6, 6.07) is 7.45. The minimum absolute atomic E-state index is 0.0409. The lowest BCUT2D eigenvalue weighted by Gasteiger charge is -2.15. The molecule has 0 fully saturated rings. The number of aliphatic hydroxyl groups excluding tert-OH is 1. The van der Waals surface area contributed by atoms with Crippen LogP contribution in [0.15, 0.2) is 23.1 Å². The maximum atomic E-state index is 9.44. The molecule has 1 rings (SSSR count). The van der Waals surface area contributed by atoms with Crippen molar-refractivity contribution in [3.63, 3.8) is 0 Å². The van der Waals surface area contributed by atoms with Gasteiger partial charge in [0, 0.05) is 10.1 Å². The van der Waals surface area contributed by atoms with Gasteiger partial charge >= 0.3 is 0 Å². The number of ether oxygens (including phenoxy) is 1. The second kappa shape index (κ2) is 5.78. The molecule has 4 heteroatoms. The molecule has 1 aromatic rings. The van der Waals surface area contributed by atoms with Gasteiger partial charge in [0.05, 0.1) is 18.8 Å². The van der Waals surface area contributed by atoms with Gasteiger partial charge in [0.1, 0.15) is 11.8 Å². The molecule has 3 nitrogen and oxygen atoms in total. The van der Waals surface area contributed by atoms with Gasteiger partial charge in [0.15, 0.2) is 0 Å². The van der Waals surface area contributed by atoms with Crippen LogP contribution in [0.1, 0.15) is 19.4 Å². The van der Waals surface area contributed by atoms with Crippen molar-refractivity contribution in [2.45, 2.75) is 30.1 Å². The molecule has 0 amide bonds. The van der Waals surface area contributed by atoms with E-state index in [2.05, 4.69) is 6.07 Å². The third-order valence-corrected chi connectivity index (χ3v) is 3.66. The van der Waals surface area contributed by atoms with E-state index in [1.165, 1.54) is 11.8 Å². The Morgan fingerprint density at radius 2 is 2.12 bits per heavy atom. The maximum Gasteiger partial charge on any atom is 0.120 e. The molecule has 1 N–H and O–H groups in total. The molecule has 1 aromatic carbocycles. The molecular formula is C12H15NO2S. The SMILES string of the molecule is COc1ccc(C#N)c(SC(C)C(C)O)c1. The Morgan fingerprint density at radius 1 is 1.44 bits per heavy atom. The molecule has 0 spiro atoms. The van der Waals surface area contributed by atoms with Gasteiger partial charge in [-0.25, -0.2) is 0 Å². The Kier molecular flexibility index (Phi) is 4.66. The van der Waals surface area contributed by atoms with Crippen LogP contribution in [-0.2, 0) is 0 Å². The number of methoxy groups -OCH3 is 1. The molecule has 2 atom stereocenters. The van der Waals surface area contributed by atoms with Crippen LogP contribution in [0.25, 0.3) is 0 Å². The number of hydrogen-bond donors (Lipinski definition) is 1. The first kappa shape index (κ1) is 12.9. The van der Waals surface area contributed by atoms with E-state index in [0.717, 1.165) is 10.6 Å². The van der Waals surface area contributed by atoms with Crippen molar-refractivity contribution in [1.29, 1.82) is 5.26 Å². The third kappa shape index (κ3) is 3.16. The quantitative estimate of drug-likeness (QED) is 0.817. The van der Waals surface area contributed by atoms with Gasteiger partial charge in [0.2, 0.25) is 0 Å². The first-order valence-corrected chi connectivity index (χ1v) is 5.89. The highest BCUT2D eigenvalue weighted by Gasteiger charge is 2.13. The zero-order chi connectivity index (χ0) is 12.1. The Balaban J connectivity index is 2.96. The minimum Gasteiger partial charge on any atom is -0.497 e. The van der Waals surface area contributed by atoms with Crippen molar-refractivity contribution >= 4 is 11.8 Å². The summed E-state index contributed by atoms with van der Waals surface area (Å²) in [7, 11) is 1.59. The number of aliphatic hydroxyl groups is 1. The van der Waals surface area contributed by atoms with E-state index >= 15 is 0 Å². The Labute approximate surface area is 100 Å².